The van der Waals surface area contributed by atoms with Crippen LogP contribution in [0.4, 0.5) is 0 Å². The first-order valence-electron chi connectivity index (χ1n) is 10.2. The molecule has 0 bridgehead atoms. The quantitative estimate of drug-likeness (QED) is 0.534. The van der Waals surface area contributed by atoms with Gasteiger partial charge in [-0.05, 0) is 66.8 Å². The van der Waals surface area contributed by atoms with Gasteiger partial charge in [0, 0.05) is 11.1 Å². The van der Waals surface area contributed by atoms with E-state index in [2.05, 4.69) is 45.6 Å². The third-order valence-electron chi connectivity index (χ3n) is 6.38. The van der Waals surface area contributed by atoms with Crippen LogP contribution in [0.5, 0.6) is 0 Å². The highest BCUT2D eigenvalue weighted by atomic mass is 28.3. The van der Waals surface area contributed by atoms with Crippen LogP contribution in [-0.4, -0.2) is 19.6 Å². The Bertz CT molecular complexity index is 1160. The summed E-state index contributed by atoms with van der Waals surface area (Å²) in [6.45, 7) is 14.9. The summed E-state index contributed by atoms with van der Waals surface area (Å²) in [6.07, 6.45) is 4.05. The number of rotatable bonds is 2. The van der Waals surface area contributed by atoms with Gasteiger partial charge in [-0.25, -0.2) is 0 Å². The van der Waals surface area contributed by atoms with Crippen LogP contribution in [0.1, 0.15) is 47.8 Å². The molecule has 2 aliphatic rings. The smallest absolute Gasteiger partial charge is 0.194 e. The van der Waals surface area contributed by atoms with Crippen LogP contribution in [0.25, 0.3) is 11.1 Å². The van der Waals surface area contributed by atoms with Crippen LogP contribution in [0.15, 0.2) is 53.6 Å². The van der Waals surface area contributed by atoms with E-state index in [0.29, 0.717) is 0 Å². The molecule has 0 N–H and O–H groups in total. The second-order valence-corrected chi connectivity index (χ2v) is 14.7. The summed E-state index contributed by atoms with van der Waals surface area (Å²) in [7, 11) is -1.87. The average molecular weight is 401 g/mol. The second-order valence-electron chi connectivity index (χ2n) is 9.72. The maximum Gasteiger partial charge on any atom is 0.194 e. The largest absolute Gasteiger partial charge is 0.293 e. The summed E-state index contributed by atoms with van der Waals surface area (Å²) in [5.74, 6) is 0.274. The lowest BCUT2D eigenvalue weighted by Crippen LogP contribution is -2.45. The molecule has 2 aromatic carbocycles. The molecule has 2 aromatic rings. The van der Waals surface area contributed by atoms with E-state index < -0.39 is 13.5 Å². The van der Waals surface area contributed by atoms with Crippen LogP contribution in [0.3, 0.4) is 0 Å². The van der Waals surface area contributed by atoms with Gasteiger partial charge in [0.2, 0.25) is 0 Å². The van der Waals surface area contributed by atoms with Crippen LogP contribution in [0, 0.1) is 6.92 Å². The minimum atomic E-state index is -1.87. The highest BCUT2D eigenvalue weighted by Gasteiger charge is 2.42. The number of hydrogen-bond acceptors (Lipinski definition) is 2. The van der Waals surface area contributed by atoms with Gasteiger partial charge in [-0.3, -0.25) is 9.59 Å². The molecule has 0 fully saturated rings. The van der Waals surface area contributed by atoms with Crippen LogP contribution < -0.4 is 5.19 Å². The maximum atomic E-state index is 13.4. The topological polar surface area (TPSA) is 34.1 Å². The Kier molecular flexibility index (Phi) is 4.25. The highest BCUT2D eigenvalue weighted by Crippen LogP contribution is 2.43. The van der Waals surface area contributed by atoms with Gasteiger partial charge < -0.3 is 0 Å². The van der Waals surface area contributed by atoms with Gasteiger partial charge in [0.25, 0.3) is 0 Å². The Morgan fingerprint density at radius 3 is 2.14 bits per heavy atom. The highest BCUT2D eigenvalue weighted by molar-refractivity contribution is 6.90. The van der Waals surface area contributed by atoms with Gasteiger partial charge >= 0.3 is 0 Å². The summed E-state index contributed by atoms with van der Waals surface area (Å²) in [4.78, 5) is 26.7. The Morgan fingerprint density at radius 1 is 0.897 bits per heavy atom. The van der Waals surface area contributed by atoms with E-state index in [0.717, 1.165) is 44.5 Å². The number of hydrogen-bond donors (Lipinski definition) is 0. The van der Waals surface area contributed by atoms with Crippen LogP contribution in [-0.2, 0) is 10.2 Å². The number of Topliss-reactive ketones (excluding diaryl/α,β-unsaturated/α-hetero) is 1. The van der Waals surface area contributed by atoms with Crippen molar-refractivity contribution >= 4 is 24.8 Å². The lowest BCUT2D eigenvalue weighted by molar-refractivity contribution is -0.119. The first-order chi connectivity index (χ1) is 13.5. The summed E-state index contributed by atoms with van der Waals surface area (Å²) in [5.41, 5.74) is 6.97. The number of benzene rings is 2. The fraction of sp³-hybridized carbons (Fsp3) is 0.308. The van der Waals surface area contributed by atoms with Crippen molar-refractivity contribution in [3.63, 3.8) is 0 Å². The first kappa shape index (κ1) is 19.8. The fourth-order valence-corrected chi connectivity index (χ4v) is 7.59. The van der Waals surface area contributed by atoms with Crippen molar-refractivity contribution in [3.05, 3.63) is 75.9 Å². The van der Waals surface area contributed by atoms with E-state index in [1.165, 1.54) is 5.19 Å². The van der Waals surface area contributed by atoms with E-state index in [1.54, 1.807) is 0 Å². The molecule has 0 radical (unpaired) electrons. The zero-order chi connectivity index (χ0) is 21.3. The monoisotopic (exact) mass is 400 g/mol. The molecule has 4 rings (SSSR count). The van der Waals surface area contributed by atoms with Gasteiger partial charge in [0.15, 0.2) is 11.6 Å². The van der Waals surface area contributed by atoms with E-state index >= 15 is 0 Å². The Balaban J connectivity index is 2.12. The molecule has 148 valence electrons. The Morgan fingerprint density at radius 2 is 1.52 bits per heavy atom. The number of allylic oxidation sites excluding steroid dienone is 4. The van der Waals surface area contributed by atoms with Gasteiger partial charge in [-0.2, -0.15) is 0 Å². The molecule has 1 atom stereocenters. The molecule has 0 aliphatic heterocycles. The maximum absolute atomic E-state index is 13.4. The normalized spacial score (nSPS) is 20.9. The predicted octanol–water partition coefficient (Wildman–Crippen LogP) is 5.48. The SMILES string of the molecule is CC1=CC(C)(c2cc3c(c([Si](C)(C)C)c2C)C(=O)c2ccccc2-3)C(=O)C(C)=C1. The molecule has 0 saturated heterocycles. The minimum Gasteiger partial charge on any atom is -0.293 e. The summed E-state index contributed by atoms with van der Waals surface area (Å²) < 4.78 is 0. The van der Waals surface area contributed by atoms with Crippen LogP contribution in [0.2, 0.25) is 19.6 Å². The second kappa shape index (κ2) is 6.24. The lowest BCUT2D eigenvalue weighted by Gasteiger charge is -2.34. The third kappa shape index (κ3) is 2.75. The van der Waals surface area contributed by atoms with Gasteiger partial charge in [0.05, 0.1) is 13.5 Å². The summed E-state index contributed by atoms with van der Waals surface area (Å²) in [5, 5.41) is 1.19. The van der Waals surface area contributed by atoms with Crippen molar-refractivity contribution in [2.75, 3.05) is 0 Å². The van der Waals surface area contributed by atoms with E-state index in [4.69, 9.17) is 0 Å². The zero-order valence-electron chi connectivity index (χ0n) is 18.4. The Hall–Kier alpha value is -2.52. The number of ketones is 2. The van der Waals surface area contributed by atoms with Crippen molar-refractivity contribution < 1.29 is 9.59 Å². The predicted molar refractivity (Wildman–Crippen MR) is 123 cm³/mol. The molecule has 2 nitrogen and oxygen atoms in total. The van der Waals surface area contributed by atoms with Crippen molar-refractivity contribution in [3.8, 4) is 11.1 Å². The van der Waals surface area contributed by atoms with E-state index in [1.807, 2.05) is 44.2 Å². The van der Waals surface area contributed by atoms with Gasteiger partial charge in [-0.15, -0.1) is 0 Å². The molecule has 0 amide bonds. The number of fused-ring (bicyclic) bond motifs is 3. The average Bonchev–Trinajstić information content (AvgIpc) is 2.90. The van der Waals surface area contributed by atoms with Crippen molar-refractivity contribution in [2.45, 2.75) is 52.8 Å². The minimum absolute atomic E-state index is 0.130. The molecule has 3 heteroatoms. The Labute approximate surface area is 174 Å². The van der Waals surface area contributed by atoms with E-state index in [-0.39, 0.29) is 11.6 Å². The van der Waals surface area contributed by atoms with Gasteiger partial charge in [0.1, 0.15) is 0 Å². The molecule has 2 aliphatic carbocycles. The zero-order valence-corrected chi connectivity index (χ0v) is 19.4. The van der Waals surface area contributed by atoms with Crippen molar-refractivity contribution in [2.24, 2.45) is 0 Å². The van der Waals surface area contributed by atoms with E-state index in [9.17, 15) is 9.59 Å². The molecule has 1 unspecified atom stereocenters. The molecule has 29 heavy (non-hydrogen) atoms. The van der Waals surface area contributed by atoms with Gasteiger partial charge in [-0.1, -0.05) is 61.6 Å². The van der Waals surface area contributed by atoms with Crippen LogP contribution >= 0.6 is 0 Å². The summed E-state index contributed by atoms with van der Waals surface area (Å²) in [6, 6.07) is 9.99. The third-order valence-corrected chi connectivity index (χ3v) is 8.50. The first-order valence-corrected chi connectivity index (χ1v) is 13.7. The number of carbonyl (C=O) groups excluding carboxylic acids is 2. The molecule has 0 heterocycles. The molecule has 0 aromatic heterocycles. The standard InChI is InChI=1S/C26H28O2Si/c1-15-12-16(2)25(28)26(4,14-15)21-13-20-18-10-8-9-11-19(18)23(27)22(20)24(17(21)3)29(5,6)7/h8-14H,1-7H3. The fourth-order valence-electron chi connectivity index (χ4n) is 5.34. The van der Waals surface area contributed by atoms with Crippen molar-refractivity contribution in [1.29, 1.82) is 0 Å². The molecule has 0 spiro atoms. The molecular formula is C26H28O2Si. The molecule has 0 saturated carbocycles. The lowest BCUT2D eigenvalue weighted by atomic mass is 9.70. The van der Waals surface area contributed by atoms with Crippen molar-refractivity contribution in [1.82, 2.24) is 0 Å². The molecular weight excluding hydrogens is 372 g/mol. The number of carbonyl (C=O) groups is 2. The summed E-state index contributed by atoms with van der Waals surface area (Å²) >= 11 is 0.